The van der Waals surface area contributed by atoms with Gasteiger partial charge in [-0.1, -0.05) is 38.1 Å². The van der Waals surface area contributed by atoms with Gasteiger partial charge in [0.2, 0.25) is 23.1 Å². The third-order valence-corrected chi connectivity index (χ3v) is 10.5. The molecule has 2 amide bonds. The minimum absolute atomic E-state index is 0. The van der Waals surface area contributed by atoms with Crippen LogP contribution in [-0.4, -0.2) is 77.4 Å². The van der Waals surface area contributed by atoms with Gasteiger partial charge >= 0.3 is 12.2 Å². The van der Waals surface area contributed by atoms with E-state index in [4.69, 9.17) is 26.8 Å². The minimum atomic E-state index is -0.453. The van der Waals surface area contributed by atoms with Gasteiger partial charge in [-0.2, -0.15) is 15.0 Å². The number of anilines is 3. The molecule has 20 heteroatoms. The number of hydrogen-bond donors (Lipinski definition) is 2. The normalized spacial score (nSPS) is 16.2. The second-order valence-corrected chi connectivity index (χ2v) is 15.4. The topological polar surface area (TPSA) is 200 Å². The molecule has 8 rings (SSSR count). The fourth-order valence-corrected chi connectivity index (χ4v) is 6.82. The Kier molecular flexibility index (Phi) is 17.1. The maximum Gasteiger partial charge on any atom is 0.417 e. The van der Waals surface area contributed by atoms with Gasteiger partial charge in [-0.25, -0.2) is 43.1 Å². The van der Waals surface area contributed by atoms with Crippen LogP contribution < -0.4 is 20.9 Å². The van der Waals surface area contributed by atoms with Crippen LogP contribution in [0.3, 0.4) is 0 Å². The number of ether oxygens (including phenoxy) is 2. The van der Waals surface area contributed by atoms with Crippen molar-refractivity contribution in [2.24, 2.45) is 5.73 Å². The van der Waals surface area contributed by atoms with Crippen LogP contribution in [-0.2, 0) is 9.47 Å². The summed E-state index contributed by atoms with van der Waals surface area (Å²) in [6.07, 6.45) is 5.51. The Labute approximate surface area is 386 Å². The van der Waals surface area contributed by atoms with Gasteiger partial charge in [-0.05, 0) is 118 Å². The van der Waals surface area contributed by atoms with Crippen molar-refractivity contribution in [2.45, 2.75) is 85.5 Å². The van der Waals surface area contributed by atoms with E-state index < -0.39 is 12.2 Å². The lowest BCUT2D eigenvalue weighted by Gasteiger charge is -2.19. The first kappa shape index (κ1) is 49.5. The summed E-state index contributed by atoms with van der Waals surface area (Å²) in [7, 11) is 0. The summed E-state index contributed by atoms with van der Waals surface area (Å²) in [5.74, 6) is 0.918. The molecule has 65 heavy (non-hydrogen) atoms. The monoisotopic (exact) mass is 930 g/mol. The molecule has 0 unspecified atom stereocenters. The number of aryl methyl sites for hydroxylation is 3. The first-order valence-corrected chi connectivity index (χ1v) is 21.0. The Balaban J connectivity index is 0.000000198. The van der Waals surface area contributed by atoms with E-state index in [-0.39, 0.29) is 65.4 Å². The quantitative estimate of drug-likeness (QED) is 0.132. The van der Waals surface area contributed by atoms with Crippen LogP contribution in [0.2, 0.25) is 5.28 Å². The number of nitrogens with one attached hydrogen (secondary N) is 1. The molecule has 0 spiro atoms. The third kappa shape index (κ3) is 12.4. The molecule has 2 aliphatic heterocycles. The summed E-state index contributed by atoms with van der Waals surface area (Å²) in [6, 6.07) is 17.4. The van der Waals surface area contributed by atoms with Crippen LogP contribution in [0.5, 0.6) is 0 Å². The average molecular weight is 932 g/mol. The van der Waals surface area contributed by atoms with E-state index in [0.717, 1.165) is 46.5 Å². The third-order valence-electron chi connectivity index (χ3n) is 10.4. The Bertz CT molecular complexity index is 2560. The van der Waals surface area contributed by atoms with Crippen LogP contribution in [0.4, 0.5) is 36.2 Å². The van der Waals surface area contributed by atoms with E-state index in [2.05, 4.69) is 45.2 Å². The molecule has 4 atom stereocenters. The zero-order valence-electron chi connectivity index (χ0n) is 36.9. The molecule has 0 radical (unpaired) electrons. The van der Waals surface area contributed by atoms with Crippen LogP contribution in [0.1, 0.15) is 81.0 Å². The highest BCUT2D eigenvalue weighted by Crippen LogP contribution is 2.27. The molecule has 2 aliphatic rings. The van der Waals surface area contributed by atoms with Crippen LogP contribution in [0, 0.1) is 32.4 Å². The average Bonchev–Trinajstić information content (AvgIpc) is 3.86. The standard InChI is InChI=1S/C22H23FN6O2.C14H15FN2.C9H11ClN4O2.ClH/c1-4-17-11-31-22(30)29(17)21-26-12-25-20(28-21)27-14(3)19-8-6-16(10-24-19)15-5-7-18(23)13(2)9-15;1-9-7-11(3-5-13(9)15)12-4-6-14(10(2)16)17-8-12;1-3-6-4-16-9(15)14(6)8-12-5(2)11-7(10)13-8;/h5-10,12,14,17H,4,11H2,1-3H3,(H,25,26,27,28);3-8,10H,16H2,1-2H3;6H,3-4H2,1-2H3;1H/t14-,17-;10-;6-;/m000./s1. The summed E-state index contributed by atoms with van der Waals surface area (Å²) in [5.41, 5.74) is 12.4. The molecule has 2 fully saturated rings. The molecule has 0 saturated carbocycles. The van der Waals surface area contributed by atoms with E-state index in [1.54, 1.807) is 51.4 Å². The molecule has 0 aliphatic carbocycles. The van der Waals surface area contributed by atoms with Gasteiger partial charge in [0.05, 0.1) is 29.5 Å². The Morgan fingerprint density at radius 1 is 0.708 bits per heavy atom. The van der Waals surface area contributed by atoms with E-state index in [9.17, 15) is 18.4 Å². The predicted molar refractivity (Wildman–Crippen MR) is 246 cm³/mol. The molecule has 342 valence electrons. The van der Waals surface area contributed by atoms with Gasteiger partial charge in [0.15, 0.2) is 0 Å². The van der Waals surface area contributed by atoms with Gasteiger partial charge in [-0.3, -0.25) is 9.97 Å². The number of halogens is 4. The van der Waals surface area contributed by atoms with Crippen LogP contribution in [0.25, 0.3) is 22.3 Å². The molecule has 16 nitrogen and oxygen atoms in total. The van der Waals surface area contributed by atoms with Gasteiger partial charge < -0.3 is 20.5 Å². The summed E-state index contributed by atoms with van der Waals surface area (Å²) in [5, 5.41) is 3.27. The van der Waals surface area contributed by atoms with Crippen molar-refractivity contribution in [3.05, 3.63) is 125 Å². The summed E-state index contributed by atoms with van der Waals surface area (Å²) < 4.78 is 36.7. The van der Waals surface area contributed by atoms with Crippen molar-refractivity contribution in [1.29, 1.82) is 0 Å². The van der Waals surface area contributed by atoms with Gasteiger partial charge in [0.1, 0.15) is 37.0 Å². The van der Waals surface area contributed by atoms with Gasteiger partial charge in [0, 0.05) is 29.6 Å². The lowest BCUT2D eigenvalue weighted by molar-refractivity contribution is 0.177. The Morgan fingerprint density at radius 2 is 1.22 bits per heavy atom. The van der Waals surface area contributed by atoms with Crippen molar-refractivity contribution in [3.63, 3.8) is 0 Å². The summed E-state index contributed by atoms with van der Waals surface area (Å²) in [6.45, 7) is 13.6. The van der Waals surface area contributed by atoms with E-state index in [1.807, 2.05) is 58.0 Å². The number of carbonyl (C=O) groups is 2. The van der Waals surface area contributed by atoms with Crippen LogP contribution in [0.15, 0.2) is 79.4 Å². The molecule has 3 N–H and O–H groups in total. The number of aromatic nitrogens is 8. The van der Waals surface area contributed by atoms with Crippen LogP contribution >= 0.6 is 24.0 Å². The fourth-order valence-electron chi connectivity index (χ4n) is 6.62. The molecule has 2 aromatic carbocycles. The number of carbonyl (C=O) groups excluding carboxylic acids is 2. The highest BCUT2D eigenvalue weighted by molar-refractivity contribution is 6.28. The maximum atomic E-state index is 13.5. The van der Waals surface area contributed by atoms with Gasteiger partial charge in [0.25, 0.3) is 0 Å². The molecular weight excluding hydrogens is 881 g/mol. The zero-order valence-corrected chi connectivity index (χ0v) is 38.4. The zero-order chi connectivity index (χ0) is 46.1. The SMILES string of the molecule is CC[C@H]1COC(=O)N1c1nc(C)nc(Cl)n1.CC[C@H]1COC(=O)N1c1ncnc(N[C@@H](C)c2ccc(-c3ccc(F)c(C)c3)cn2)n1.Cc1cc(-c2ccc([C@H](C)N)nc2)ccc1F.Cl. The summed E-state index contributed by atoms with van der Waals surface area (Å²) in [4.78, 5) is 59.8. The number of benzene rings is 2. The van der Waals surface area contributed by atoms with Gasteiger partial charge in [-0.15, -0.1) is 12.4 Å². The Hall–Kier alpha value is -6.50. The van der Waals surface area contributed by atoms with Crippen molar-refractivity contribution in [1.82, 2.24) is 39.9 Å². The molecule has 0 bridgehead atoms. The smallest absolute Gasteiger partial charge is 0.417 e. The molecular formula is C45H50Cl2F2N12O4. The molecule has 4 aromatic heterocycles. The molecule has 6 heterocycles. The van der Waals surface area contributed by atoms with Crippen molar-refractivity contribution in [2.75, 3.05) is 28.3 Å². The number of nitrogens with zero attached hydrogens (tertiary/aromatic N) is 10. The predicted octanol–water partition coefficient (Wildman–Crippen LogP) is 9.50. The Morgan fingerprint density at radius 3 is 1.68 bits per heavy atom. The summed E-state index contributed by atoms with van der Waals surface area (Å²) >= 11 is 5.73. The van der Waals surface area contributed by atoms with Crippen molar-refractivity contribution < 1.29 is 27.8 Å². The lowest BCUT2D eigenvalue weighted by atomic mass is 10.0. The number of pyridine rings is 2. The van der Waals surface area contributed by atoms with E-state index in [1.165, 1.54) is 28.3 Å². The highest BCUT2D eigenvalue weighted by atomic mass is 35.5. The largest absolute Gasteiger partial charge is 0.447 e. The number of cyclic esters (lactones) is 2. The second-order valence-electron chi connectivity index (χ2n) is 15.1. The van der Waals surface area contributed by atoms with Crippen molar-refractivity contribution in [3.8, 4) is 22.3 Å². The lowest BCUT2D eigenvalue weighted by Crippen LogP contribution is -2.34. The molecule has 2 saturated heterocycles. The number of hydrogen-bond acceptors (Lipinski definition) is 14. The van der Waals surface area contributed by atoms with E-state index >= 15 is 0 Å². The number of rotatable bonds is 10. The second kappa shape index (κ2) is 22.4. The highest BCUT2D eigenvalue weighted by Gasteiger charge is 2.36. The number of amides is 2. The minimum Gasteiger partial charge on any atom is -0.447 e. The fraction of sp³-hybridized carbons (Fsp3) is 0.333. The first-order valence-electron chi connectivity index (χ1n) is 20.6. The first-order chi connectivity index (χ1) is 30.6. The van der Waals surface area contributed by atoms with Crippen molar-refractivity contribution >= 4 is 54.0 Å². The van der Waals surface area contributed by atoms with E-state index in [0.29, 0.717) is 36.1 Å². The molecule has 6 aromatic rings. The maximum absolute atomic E-state index is 13.5. The number of nitrogens with two attached hydrogens (primary N) is 1.